The van der Waals surface area contributed by atoms with E-state index in [1.807, 2.05) is 0 Å². The molecule has 0 aliphatic heterocycles. The first-order chi connectivity index (χ1) is 9.27. The Kier molecular flexibility index (Phi) is 4.96. The van der Waals surface area contributed by atoms with Gasteiger partial charge in [-0.05, 0) is 12.1 Å². The normalized spacial score (nSPS) is 11.1. The van der Waals surface area contributed by atoms with Gasteiger partial charge in [0.2, 0.25) is 0 Å². The van der Waals surface area contributed by atoms with Crippen LogP contribution in [0.2, 0.25) is 0 Å². The Bertz CT molecular complexity index is 627. The van der Waals surface area contributed by atoms with Gasteiger partial charge in [-0.3, -0.25) is 15.0 Å². The lowest BCUT2D eigenvalue weighted by atomic mass is 10.3. The Hall–Kier alpha value is -2.24. The van der Waals surface area contributed by atoms with Crippen LogP contribution in [0.1, 0.15) is 0 Å². The second kappa shape index (κ2) is 6.27. The summed E-state index contributed by atoms with van der Waals surface area (Å²) in [4.78, 5) is 25.4. The second-order valence-corrected chi connectivity index (χ2v) is 5.00. The highest BCUT2D eigenvalue weighted by Gasteiger charge is 2.22. The summed E-state index contributed by atoms with van der Waals surface area (Å²) in [6.07, 6.45) is 0. The molecule has 1 aromatic carbocycles. The average molecular weight is 306 g/mol. The van der Waals surface area contributed by atoms with Gasteiger partial charge in [-0.1, -0.05) is 4.89 Å². The predicted octanol–water partition coefficient (Wildman–Crippen LogP) is -0.102. The van der Waals surface area contributed by atoms with Gasteiger partial charge in [-0.15, -0.1) is 0 Å². The van der Waals surface area contributed by atoms with Gasteiger partial charge in [-0.25, -0.2) is 13.2 Å². The lowest BCUT2D eigenvalue weighted by Gasteiger charge is -2.07. The number of carboxylic acids is 1. The van der Waals surface area contributed by atoms with E-state index in [9.17, 15) is 23.3 Å². The van der Waals surface area contributed by atoms with Crippen LogP contribution in [0.4, 0.5) is 5.69 Å². The molecule has 20 heavy (non-hydrogen) atoms. The summed E-state index contributed by atoms with van der Waals surface area (Å²) in [5, 5.41) is 19.1. The third-order valence-electron chi connectivity index (χ3n) is 2.02. The number of sulfonamides is 1. The maximum atomic E-state index is 11.7. The summed E-state index contributed by atoms with van der Waals surface area (Å²) >= 11 is 0. The van der Waals surface area contributed by atoms with Gasteiger partial charge in [0.05, 0.1) is 16.9 Å². The summed E-state index contributed by atoms with van der Waals surface area (Å²) in [5.41, 5.74) is -0.548. The van der Waals surface area contributed by atoms with E-state index in [2.05, 4.69) is 4.84 Å². The number of benzene rings is 1. The average Bonchev–Trinajstić information content (AvgIpc) is 2.37. The molecule has 0 fully saturated rings. The third kappa shape index (κ3) is 3.88. The molecule has 0 saturated carbocycles. The lowest BCUT2D eigenvalue weighted by Crippen LogP contribution is -2.26. The Morgan fingerprint density at radius 1 is 1.50 bits per heavy atom. The summed E-state index contributed by atoms with van der Waals surface area (Å²) in [6, 6.07) is 2.92. The molecule has 0 heterocycles. The first-order valence-electron chi connectivity index (χ1n) is 4.95. The number of hydrogen-bond acceptors (Lipinski definition) is 7. The van der Waals surface area contributed by atoms with Crippen molar-refractivity contribution in [2.45, 2.75) is 4.90 Å². The maximum absolute atomic E-state index is 11.7. The fourth-order valence-corrected chi connectivity index (χ4v) is 2.02. The van der Waals surface area contributed by atoms with Crippen molar-refractivity contribution in [2.75, 3.05) is 13.7 Å². The Morgan fingerprint density at radius 2 is 2.15 bits per heavy atom. The molecule has 110 valence electrons. The van der Waals surface area contributed by atoms with Crippen molar-refractivity contribution in [3.05, 3.63) is 28.3 Å². The van der Waals surface area contributed by atoms with Gasteiger partial charge in [-0.2, -0.15) is 0 Å². The zero-order valence-corrected chi connectivity index (χ0v) is 10.9. The number of ether oxygens (including phenoxy) is 1. The predicted molar refractivity (Wildman–Crippen MR) is 63.6 cm³/mol. The highest BCUT2D eigenvalue weighted by Crippen LogP contribution is 2.29. The van der Waals surface area contributed by atoms with Crippen molar-refractivity contribution in [1.29, 1.82) is 0 Å². The van der Waals surface area contributed by atoms with Crippen LogP contribution in [0, 0.1) is 10.1 Å². The molecule has 10 nitrogen and oxygen atoms in total. The highest BCUT2D eigenvalue weighted by atomic mass is 32.2. The van der Waals surface area contributed by atoms with Crippen molar-refractivity contribution in [2.24, 2.45) is 0 Å². The molecule has 0 bridgehead atoms. The van der Waals surface area contributed by atoms with E-state index >= 15 is 0 Å². The van der Waals surface area contributed by atoms with Gasteiger partial charge >= 0.3 is 11.7 Å². The maximum Gasteiger partial charge on any atom is 0.331 e. The van der Waals surface area contributed by atoms with Gasteiger partial charge in [0.1, 0.15) is 0 Å². The topological polar surface area (TPSA) is 145 Å². The quantitative estimate of drug-likeness (QED) is 0.524. The monoisotopic (exact) mass is 306 g/mol. The van der Waals surface area contributed by atoms with Gasteiger partial charge in [0, 0.05) is 6.07 Å². The van der Waals surface area contributed by atoms with Crippen molar-refractivity contribution in [3.63, 3.8) is 0 Å². The number of nitro groups is 1. The molecule has 0 radical (unpaired) electrons. The molecule has 0 atom stereocenters. The van der Waals surface area contributed by atoms with E-state index in [1.165, 1.54) is 12.0 Å². The SMILES string of the molecule is COc1ccc(S(=O)(=O)NOCC(=O)O)cc1[N+](=O)[O-]. The molecule has 0 aromatic heterocycles. The van der Waals surface area contributed by atoms with E-state index in [1.54, 1.807) is 0 Å². The Labute approximate surface area is 113 Å². The molecule has 1 rings (SSSR count). The van der Waals surface area contributed by atoms with Gasteiger partial charge in [0.25, 0.3) is 10.0 Å². The zero-order valence-electron chi connectivity index (χ0n) is 10.1. The van der Waals surface area contributed by atoms with E-state index in [0.717, 1.165) is 18.2 Å². The molecular weight excluding hydrogens is 296 g/mol. The first kappa shape index (κ1) is 15.8. The number of hydrogen-bond donors (Lipinski definition) is 2. The number of nitrogens with zero attached hydrogens (tertiary/aromatic N) is 1. The number of nitrogens with one attached hydrogen (secondary N) is 1. The van der Waals surface area contributed by atoms with Crippen molar-refractivity contribution in [3.8, 4) is 5.75 Å². The largest absolute Gasteiger partial charge is 0.490 e. The zero-order chi connectivity index (χ0) is 15.3. The van der Waals surface area contributed by atoms with Crippen molar-refractivity contribution < 1.29 is 32.8 Å². The molecular formula is C9H10N2O8S. The van der Waals surface area contributed by atoms with E-state index in [-0.39, 0.29) is 5.75 Å². The van der Waals surface area contributed by atoms with Crippen LogP contribution in [-0.2, 0) is 19.7 Å². The number of methoxy groups -OCH3 is 1. The van der Waals surface area contributed by atoms with Crippen LogP contribution in [0.25, 0.3) is 0 Å². The molecule has 0 aliphatic rings. The second-order valence-electron chi connectivity index (χ2n) is 3.36. The number of carbonyl (C=O) groups is 1. The van der Waals surface area contributed by atoms with Crippen LogP contribution < -0.4 is 9.62 Å². The number of rotatable bonds is 7. The minimum absolute atomic E-state index is 0.111. The third-order valence-corrected chi connectivity index (χ3v) is 3.23. The van der Waals surface area contributed by atoms with Crippen molar-refractivity contribution >= 4 is 21.7 Å². The first-order valence-corrected chi connectivity index (χ1v) is 6.44. The summed E-state index contributed by atoms with van der Waals surface area (Å²) in [7, 11) is -3.03. The fourth-order valence-electron chi connectivity index (χ4n) is 1.20. The molecule has 0 unspecified atom stereocenters. The fraction of sp³-hybridized carbons (Fsp3) is 0.222. The highest BCUT2D eigenvalue weighted by molar-refractivity contribution is 7.89. The number of carboxylic acid groups (broad SMARTS) is 1. The number of nitro benzene ring substituents is 1. The van der Waals surface area contributed by atoms with E-state index in [0.29, 0.717) is 0 Å². The van der Waals surface area contributed by atoms with Crippen LogP contribution >= 0.6 is 0 Å². The van der Waals surface area contributed by atoms with Crippen LogP contribution in [-0.4, -0.2) is 38.1 Å². The minimum Gasteiger partial charge on any atom is -0.490 e. The van der Waals surface area contributed by atoms with E-state index < -0.39 is 38.1 Å². The minimum atomic E-state index is -4.23. The number of aliphatic carboxylic acids is 1. The molecule has 0 aliphatic carbocycles. The van der Waals surface area contributed by atoms with Gasteiger partial charge in [0.15, 0.2) is 12.4 Å². The molecule has 0 saturated heterocycles. The van der Waals surface area contributed by atoms with E-state index in [4.69, 9.17) is 9.84 Å². The van der Waals surface area contributed by atoms with Crippen LogP contribution in [0.3, 0.4) is 0 Å². The summed E-state index contributed by atoms with van der Waals surface area (Å²) in [6.45, 7) is -0.891. The standard InChI is InChI=1S/C9H10N2O8S/c1-18-8-3-2-6(4-7(8)11(14)15)20(16,17)10-19-5-9(12)13/h2-4,10H,5H2,1H3,(H,12,13). The summed E-state index contributed by atoms with van der Waals surface area (Å²) < 4.78 is 28.1. The molecule has 1 aromatic rings. The van der Waals surface area contributed by atoms with Crippen LogP contribution in [0.15, 0.2) is 23.1 Å². The van der Waals surface area contributed by atoms with Crippen LogP contribution in [0.5, 0.6) is 5.75 Å². The molecule has 0 amide bonds. The molecule has 2 N–H and O–H groups in total. The van der Waals surface area contributed by atoms with Gasteiger partial charge < -0.3 is 9.84 Å². The smallest absolute Gasteiger partial charge is 0.331 e. The van der Waals surface area contributed by atoms with Crippen molar-refractivity contribution in [1.82, 2.24) is 4.89 Å². The summed E-state index contributed by atoms with van der Waals surface area (Å²) in [5.74, 6) is -1.49. The lowest BCUT2D eigenvalue weighted by molar-refractivity contribution is -0.386. The molecule has 0 spiro atoms. The Morgan fingerprint density at radius 3 is 2.65 bits per heavy atom. The Balaban J connectivity index is 3.04. The molecule has 11 heteroatoms.